The van der Waals surface area contributed by atoms with Crippen LogP contribution in [0.4, 0.5) is 4.39 Å². The van der Waals surface area contributed by atoms with Crippen LogP contribution in [0.3, 0.4) is 0 Å². The molecule has 0 heterocycles. The van der Waals surface area contributed by atoms with E-state index in [4.69, 9.17) is 0 Å². The van der Waals surface area contributed by atoms with E-state index in [-0.39, 0.29) is 11.7 Å². The first-order valence-electron chi connectivity index (χ1n) is 7.43. The Morgan fingerprint density at radius 1 is 1.00 bits per heavy atom. The summed E-state index contributed by atoms with van der Waals surface area (Å²) in [4.78, 5) is 0. The lowest BCUT2D eigenvalue weighted by Gasteiger charge is -2.14. The second kappa shape index (κ2) is 9.33. The molecule has 1 heteroatoms. The highest BCUT2D eigenvalue weighted by atomic mass is 19.1. The van der Waals surface area contributed by atoms with E-state index in [1.165, 1.54) is 6.08 Å². The molecular weight excluding hydrogens is 259 g/mol. The van der Waals surface area contributed by atoms with Crippen molar-refractivity contribution in [3.05, 3.63) is 72.7 Å². The molecule has 0 nitrogen and oxygen atoms in total. The molecule has 0 aliphatic heterocycles. The summed E-state index contributed by atoms with van der Waals surface area (Å²) in [6, 6.07) is 0. The number of hydrogen-bond acceptors (Lipinski definition) is 0. The van der Waals surface area contributed by atoms with Gasteiger partial charge in [0.1, 0.15) is 5.83 Å². The topological polar surface area (TPSA) is 0 Å². The molecule has 0 rings (SSSR count). The molecule has 0 bridgehead atoms. The minimum atomic E-state index is -0.368. The van der Waals surface area contributed by atoms with E-state index in [1.807, 2.05) is 6.92 Å². The molecule has 1 atom stereocenters. The molecule has 21 heavy (non-hydrogen) atoms. The number of allylic oxidation sites excluding steroid dienone is 8. The van der Waals surface area contributed by atoms with Gasteiger partial charge in [-0.05, 0) is 42.4 Å². The predicted molar refractivity (Wildman–Crippen MR) is 93.8 cm³/mol. The monoisotopic (exact) mass is 288 g/mol. The molecule has 0 fully saturated rings. The molecule has 0 saturated heterocycles. The van der Waals surface area contributed by atoms with Crippen LogP contribution < -0.4 is 0 Å². The van der Waals surface area contributed by atoms with E-state index < -0.39 is 0 Å². The SMILES string of the molecule is C=C(C)/C=C\C(=C)C(=C)/C(F)=C\C(=C)C(C)CCC(C)C. The van der Waals surface area contributed by atoms with Gasteiger partial charge in [-0.2, -0.15) is 0 Å². The van der Waals surface area contributed by atoms with Crippen LogP contribution in [0.25, 0.3) is 0 Å². The fraction of sp³-hybridized carbons (Fsp3) is 0.400. The lowest BCUT2D eigenvalue weighted by Crippen LogP contribution is -2.00. The van der Waals surface area contributed by atoms with Crippen molar-refractivity contribution in [2.75, 3.05) is 0 Å². The Hall–Kier alpha value is -1.63. The standard InChI is InChI=1S/C20H29F/c1-14(2)9-11-16(5)18(7)13-20(21)19(8)17(6)12-10-15(3)4/h10,12-14,16H,3,6-9,11H2,1-2,4-5H3/b12-10-,20-13+. The number of rotatable bonds is 9. The summed E-state index contributed by atoms with van der Waals surface area (Å²) in [7, 11) is 0. The molecule has 0 aromatic carbocycles. The average molecular weight is 288 g/mol. The van der Waals surface area contributed by atoms with Gasteiger partial charge in [-0.25, -0.2) is 4.39 Å². The molecule has 0 aliphatic rings. The number of hydrogen-bond donors (Lipinski definition) is 0. The van der Waals surface area contributed by atoms with Crippen molar-refractivity contribution in [3.63, 3.8) is 0 Å². The van der Waals surface area contributed by atoms with Crippen LogP contribution in [0, 0.1) is 11.8 Å². The summed E-state index contributed by atoms with van der Waals surface area (Å²) in [5.41, 5.74) is 2.53. The maximum absolute atomic E-state index is 14.2. The molecule has 0 radical (unpaired) electrons. The maximum atomic E-state index is 14.2. The van der Waals surface area contributed by atoms with Gasteiger partial charge in [-0.1, -0.05) is 71.2 Å². The second-order valence-electron chi connectivity index (χ2n) is 6.12. The summed E-state index contributed by atoms with van der Waals surface area (Å²) >= 11 is 0. The van der Waals surface area contributed by atoms with Gasteiger partial charge in [0, 0.05) is 5.57 Å². The maximum Gasteiger partial charge on any atom is 0.130 e. The minimum Gasteiger partial charge on any atom is -0.206 e. The van der Waals surface area contributed by atoms with Gasteiger partial charge in [0.2, 0.25) is 0 Å². The third-order valence-corrected chi connectivity index (χ3v) is 3.37. The predicted octanol–water partition coefficient (Wildman–Crippen LogP) is 6.71. The van der Waals surface area contributed by atoms with Crippen molar-refractivity contribution in [2.45, 2.75) is 40.5 Å². The fourth-order valence-corrected chi connectivity index (χ4v) is 1.66. The molecule has 116 valence electrons. The summed E-state index contributed by atoms with van der Waals surface area (Å²) in [5, 5.41) is 0. The van der Waals surface area contributed by atoms with E-state index in [0.29, 0.717) is 17.1 Å². The van der Waals surface area contributed by atoms with Crippen molar-refractivity contribution in [1.29, 1.82) is 0 Å². The van der Waals surface area contributed by atoms with Crippen LogP contribution in [0.5, 0.6) is 0 Å². The fourth-order valence-electron chi connectivity index (χ4n) is 1.66. The Bertz CT molecular complexity index is 472. The van der Waals surface area contributed by atoms with Crippen LogP contribution >= 0.6 is 0 Å². The second-order valence-corrected chi connectivity index (χ2v) is 6.12. The van der Waals surface area contributed by atoms with E-state index in [9.17, 15) is 4.39 Å². The molecule has 0 aromatic rings. The zero-order chi connectivity index (χ0) is 16.6. The molecule has 0 saturated carbocycles. The van der Waals surface area contributed by atoms with Crippen LogP contribution in [0.1, 0.15) is 40.5 Å². The summed E-state index contributed by atoms with van der Waals surface area (Å²) < 4.78 is 14.2. The summed E-state index contributed by atoms with van der Waals surface area (Å²) in [6.45, 7) is 23.6. The first-order chi connectivity index (χ1) is 9.65. The van der Waals surface area contributed by atoms with E-state index in [0.717, 1.165) is 24.0 Å². The third kappa shape index (κ3) is 8.29. The molecular formula is C20H29F. The van der Waals surface area contributed by atoms with E-state index >= 15 is 0 Å². The van der Waals surface area contributed by atoms with E-state index in [1.54, 1.807) is 12.2 Å². The van der Waals surface area contributed by atoms with Gasteiger partial charge in [-0.15, -0.1) is 0 Å². The Kier molecular flexibility index (Phi) is 8.61. The van der Waals surface area contributed by atoms with Gasteiger partial charge in [-0.3, -0.25) is 0 Å². The lowest BCUT2D eigenvalue weighted by molar-refractivity contribution is 0.493. The summed E-state index contributed by atoms with van der Waals surface area (Å²) in [6.07, 6.45) is 7.13. The van der Waals surface area contributed by atoms with Crippen molar-refractivity contribution < 1.29 is 4.39 Å². The molecule has 0 amide bonds. The summed E-state index contributed by atoms with van der Waals surface area (Å²) in [5.74, 6) is 0.550. The van der Waals surface area contributed by atoms with Crippen molar-refractivity contribution >= 4 is 0 Å². The van der Waals surface area contributed by atoms with Crippen LogP contribution in [0.2, 0.25) is 0 Å². The minimum absolute atomic E-state index is 0.269. The van der Waals surface area contributed by atoms with Gasteiger partial charge < -0.3 is 0 Å². The quantitative estimate of drug-likeness (QED) is 0.413. The highest BCUT2D eigenvalue weighted by Crippen LogP contribution is 2.25. The molecule has 0 aromatic heterocycles. The normalized spacial score (nSPS) is 13.5. The van der Waals surface area contributed by atoms with Gasteiger partial charge >= 0.3 is 0 Å². The molecule has 0 spiro atoms. The first kappa shape index (κ1) is 19.4. The molecule has 0 aliphatic carbocycles. The van der Waals surface area contributed by atoms with E-state index in [2.05, 4.69) is 47.1 Å². The Morgan fingerprint density at radius 2 is 1.57 bits per heavy atom. The molecule has 1 unspecified atom stereocenters. The number of halogens is 1. The van der Waals surface area contributed by atoms with Crippen molar-refractivity contribution in [2.24, 2.45) is 11.8 Å². The largest absolute Gasteiger partial charge is 0.206 e. The van der Waals surface area contributed by atoms with Crippen molar-refractivity contribution in [1.82, 2.24) is 0 Å². The zero-order valence-electron chi connectivity index (χ0n) is 14.0. The third-order valence-electron chi connectivity index (χ3n) is 3.37. The average Bonchev–Trinajstić information content (AvgIpc) is 2.40. The van der Waals surface area contributed by atoms with Gasteiger partial charge in [0.25, 0.3) is 0 Å². The van der Waals surface area contributed by atoms with Gasteiger partial charge in [0.15, 0.2) is 0 Å². The molecule has 0 N–H and O–H groups in total. The van der Waals surface area contributed by atoms with Crippen LogP contribution in [0.15, 0.2) is 72.7 Å². The lowest BCUT2D eigenvalue weighted by atomic mass is 9.92. The highest BCUT2D eigenvalue weighted by Gasteiger charge is 2.09. The Balaban J connectivity index is 4.71. The Labute approximate surface area is 130 Å². The van der Waals surface area contributed by atoms with Crippen LogP contribution in [-0.2, 0) is 0 Å². The smallest absolute Gasteiger partial charge is 0.130 e. The Morgan fingerprint density at radius 3 is 2.05 bits per heavy atom. The van der Waals surface area contributed by atoms with Crippen molar-refractivity contribution in [3.8, 4) is 0 Å². The van der Waals surface area contributed by atoms with Gasteiger partial charge in [0.05, 0.1) is 0 Å². The zero-order valence-corrected chi connectivity index (χ0v) is 14.0. The highest BCUT2D eigenvalue weighted by molar-refractivity contribution is 5.48. The van der Waals surface area contributed by atoms with Crippen LogP contribution in [-0.4, -0.2) is 0 Å². The first-order valence-corrected chi connectivity index (χ1v) is 7.43.